The molecule has 0 aromatic rings. The first-order chi connectivity index (χ1) is 5.11. The minimum absolute atomic E-state index is 0.264. The van der Waals surface area contributed by atoms with Crippen LogP contribution in [0.4, 0.5) is 0 Å². The van der Waals surface area contributed by atoms with E-state index < -0.39 is 0 Å². The van der Waals surface area contributed by atoms with Crippen molar-refractivity contribution in [1.82, 2.24) is 5.06 Å². The summed E-state index contributed by atoms with van der Waals surface area (Å²) < 4.78 is 0. The van der Waals surface area contributed by atoms with Gasteiger partial charge in [-0.25, -0.2) is 4.79 Å². The van der Waals surface area contributed by atoms with E-state index >= 15 is 0 Å². The molecule has 0 unspecified atom stereocenters. The van der Waals surface area contributed by atoms with Gasteiger partial charge in [-0.05, 0) is 13.3 Å². The average Bonchev–Trinajstić information content (AvgIpc) is 1.88. The van der Waals surface area contributed by atoms with Gasteiger partial charge in [0.15, 0.2) is 0 Å². The average molecular weight is 157 g/mol. The Morgan fingerprint density at radius 2 is 2.09 bits per heavy atom. The van der Waals surface area contributed by atoms with Crippen LogP contribution in [0.25, 0.3) is 0 Å². The van der Waals surface area contributed by atoms with Crippen LogP contribution in [0.2, 0.25) is 0 Å². The van der Waals surface area contributed by atoms with Gasteiger partial charge in [0.2, 0.25) is 0 Å². The Hall–Kier alpha value is -0.830. The van der Waals surface area contributed by atoms with Crippen LogP contribution in [0.3, 0.4) is 0 Å². The Kier molecular flexibility index (Phi) is 4.54. The van der Waals surface area contributed by atoms with E-state index in [1.165, 1.54) is 5.06 Å². The third-order valence-corrected chi connectivity index (χ3v) is 1.26. The maximum Gasteiger partial charge on any atom is 0.352 e. The molecule has 0 heterocycles. The Morgan fingerprint density at radius 1 is 1.55 bits per heavy atom. The molecule has 0 aliphatic rings. The Morgan fingerprint density at radius 3 is 2.36 bits per heavy atom. The number of hydrogen-bond donors (Lipinski definition) is 0. The van der Waals surface area contributed by atoms with E-state index in [0.717, 1.165) is 0 Å². The van der Waals surface area contributed by atoms with Crippen molar-refractivity contribution >= 4 is 5.97 Å². The summed E-state index contributed by atoms with van der Waals surface area (Å²) in [7, 11) is 3.36. The van der Waals surface area contributed by atoms with Crippen molar-refractivity contribution in [3.8, 4) is 0 Å². The molecule has 0 saturated carbocycles. The number of allylic oxidation sites excluding steroid dienone is 1. The molecule has 0 saturated heterocycles. The zero-order chi connectivity index (χ0) is 8.85. The van der Waals surface area contributed by atoms with E-state index in [1.54, 1.807) is 20.2 Å². The first kappa shape index (κ1) is 10.2. The number of carbonyl (C=O) groups excluding carboxylic acids is 1. The second kappa shape index (κ2) is 4.91. The Balaban J connectivity index is 4.02. The van der Waals surface area contributed by atoms with Crippen molar-refractivity contribution < 1.29 is 9.63 Å². The highest BCUT2D eigenvalue weighted by atomic mass is 16.7. The fourth-order valence-corrected chi connectivity index (χ4v) is 0.691. The first-order valence-corrected chi connectivity index (χ1v) is 3.66. The molecule has 64 valence electrons. The summed E-state index contributed by atoms with van der Waals surface area (Å²) in [6.45, 7) is 3.75. The lowest BCUT2D eigenvalue weighted by molar-refractivity contribution is -0.173. The quantitative estimate of drug-likeness (QED) is 0.457. The topological polar surface area (TPSA) is 29.5 Å². The standard InChI is InChI=1S/C8H15NO2/c1-5-7(6-2)8(10)11-9(3)4/h5H,6H2,1-4H3/b7-5-. The minimum Gasteiger partial charge on any atom is -0.365 e. The molecule has 0 spiro atoms. The highest BCUT2D eigenvalue weighted by Gasteiger charge is 2.08. The van der Waals surface area contributed by atoms with E-state index in [9.17, 15) is 4.79 Å². The van der Waals surface area contributed by atoms with Crippen molar-refractivity contribution in [3.63, 3.8) is 0 Å². The van der Waals surface area contributed by atoms with Crippen molar-refractivity contribution in [2.45, 2.75) is 20.3 Å². The van der Waals surface area contributed by atoms with Gasteiger partial charge in [0.25, 0.3) is 0 Å². The molecule has 0 aromatic carbocycles. The predicted molar refractivity (Wildman–Crippen MR) is 43.8 cm³/mol. The second-order valence-corrected chi connectivity index (χ2v) is 2.36. The molecular formula is C8H15NO2. The van der Waals surface area contributed by atoms with Crippen LogP contribution in [0.1, 0.15) is 20.3 Å². The van der Waals surface area contributed by atoms with E-state index in [2.05, 4.69) is 0 Å². The molecule has 0 atom stereocenters. The lowest BCUT2D eigenvalue weighted by atomic mass is 10.2. The zero-order valence-corrected chi connectivity index (χ0v) is 7.55. The Bertz CT molecular complexity index is 161. The van der Waals surface area contributed by atoms with Gasteiger partial charge in [-0.1, -0.05) is 13.0 Å². The van der Waals surface area contributed by atoms with Crippen LogP contribution in [0.15, 0.2) is 11.6 Å². The zero-order valence-electron chi connectivity index (χ0n) is 7.55. The molecule has 0 aromatic heterocycles. The minimum atomic E-state index is -0.264. The SMILES string of the molecule is C/C=C(/CC)C(=O)ON(C)C. The lowest BCUT2D eigenvalue weighted by Crippen LogP contribution is -2.19. The highest BCUT2D eigenvalue weighted by molar-refractivity contribution is 5.87. The molecule has 0 bridgehead atoms. The number of carbonyl (C=O) groups is 1. The van der Waals surface area contributed by atoms with Gasteiger partial charge in [-0.15, -0.1) is 5.06 Å². The molecule has 3 heteroatoms. The van der Waals surface area contributed by atoms with E-state index in [1.807, 2.05) is 13.8 Å². The smallest absolute Gasteiger partial charge is 0.352 e. The second-order valence-electron chi connectivity index (χ2n) is 2.36. The summed E-state index contributed by atoms with van der Waals surface area (Å²) in [5.74, 6) is -0.264. The molecule has 0 radical (unpaired) electrons. The molecule has 0 amide bonds. The van der Waals surface area contributed by atoms with Crippen LogP contribution >= 0.6 is 0 Å². The molecule has 3 nitrogen and oxygen atoms in total. The monoisotopic (exact) mass is 157 g/mol. The number of hydroxylamine groups is 2. The normalized spacial score (nSPS) is 11.9. The molecule has 0 aliphatic heterocycles. The van der Waals surface area contributed by atoms with Crippen LogP contribution in [-0.2, 0) is 9.63 Å². The molecule has 0 N–H and O–H groups in total. The van der Waals surface area contributed by atoms with Gasteiger partial charge < -0.3 is 4.84 Å². The maximum atomic E-state index is 11.1. The van der Waals surface area contributed by atoms with Crippen molar-refractivity contribution in [3.05, 3.63) is 11.6 Å². The lowest BCUT2D eigenvalue weighted by Gasteiger charge is -2.10. The third-order valence-electron chi connectivity index (χ3n) is 1.26. The summed E-state index contributed by atoms with van der Waals surface area (Å²) in [6.07, 6.45) is 2.48. The van der Waals surface area contributed by atoms with Crippen LogP contribution in [0, 0.1) is 0 Å². The van der Waals surface area contributed by atoms with Crippen LogP contribution in [0.5, 0.6) is 0 Å². The first-order valence-electron chi connectivity index (χ1n) is 3.66. The Labute approximate surface area is 67.6 Å². The van der Waals surface area contributed by atoms with Crippen molar-refractivity contribution in [2.24, 2.45) is 0 Å². The largest absolute Gasteiger partial charge is 0.365 e. The third kappa shape index (κ3) is 3.78. The van der Waals surface area contributed by atoms with Gasteiger partial charge >= 0.3 is 5.97 Å². The van der Waals surface area contributed by atoms with Crippen LogP contribution in [-0.4, -0.2) is 25.1 Å². The predicted octanol–water partition coefficient (Wildman–Crippen LogP) is 1.36. The summed E-state index contributed by atoms with van der Waals surface area (Å²) in [5.41, 5.74) is 0.707. The van der Waals surface area contributed by atoms with Gasteiger partial charge in [0, 0.05) is 19.7 Å². The maximum absolute atomic E-state index is 11.1. The molecule has 0 aliphatic carbocycles. The van der Waals surface area contributed by atoms with Crippen LogP contribution < -0.4 is 0 Å². The van der Waals surface area contributed by atoms with E-state index in [0.29, 0.717) is 12.0 Å². The summed E-state index contributed by atoms with van der Waals surface area (Å²) >= 11 is 0. The van der Waals surface area contributed by atoms with E-state index in [4.69, 9.17) is 4.84 Å². The number of rotatable bonds is 3. The van der Waals surface area contributed by atoms with Gasteiger partial charge in [-0.3, -0.25) is 0 Å². The molecule has 0 rings (SSSR count). The fraction of sp³-hybridized carbons (Fsp3) is 0.625. The highest BCUT2D eigenvalue weighted by Crippen LogP contribution is 2.02. The molecule has 0 fully saturated rings. The summed E-state index contributed by atoms with van der Waals surface area (Å²) in [6, 6.07) is 0. The fourth-order valence-electron chi connectivity index (χ4n) is 0.691. The summed E-state index contributed by atoms with van der Waals surface area (Å²) in [5, 5.41) is 1.39. The van der Waals surface area contributed by atoms with Gasteiger partial charge in [-0.2, -0.15) is 0 Å². The number of hydrogen-bond acceptors (Lipinski definition) is 3. The summed E-state index contributed by atoms with van der Waals surface area (Å²) in [4.78, 5) is 15.9. The van der Waals surface area contributed by atoms with Crippen molar-refractivity contribution in [2.75, 3.05) is 14.1 Å². The van der Waals surface area contributed by atoms with E-state index in [-0.39, 0.29) is 5.97 Å². The molecule has 11 heavy (non-hydrogen) atoms. The van der Waals surface area contributed by atoms with Gasteiger partial charge in [0.1, 0.15) is 0 Å². The van der Waals surface area contributed by atoms with Gasteiger partial charge in [0.05, 0.1) is 0 Å². The number of nitrogens with zero attached hydrogens (tertiary/aromatic N) is 1. The molecular weight excluding hydrogens is 142 g/mol. The van der Waals surface area contributed by atoms with Crippen molar-refractivity contribution in [1.29, 1.82) is 0 Å².